The monoisotopic (exact) mass is 1300 g/mol. The maximum atomic E-state index is 13.1. The second kappa shape index (κ2) is 31.0. The van der Waals surface area contributed by atoms with Gasteiger partial charge in [0.2, 0.25) is 5.91 Å². The van der Waals surface area contributed by atoms with Crippen LogP contribution in [-0.4, -0.2) is 70.0 Å². The van der Waals surface area contributed by atoms with E-state index in [-0.39, 0.29) is 35.4 Å². The molecule has 20 heteroatoms. The fourth-order valence-electron chi connectivity index (χ4n) is 12.7. The topological polar surface area (TPSA) is 240 Å². The Morgan fingerprint density at radius 1 is 0.495 bits per heavy atom. The minimum atomic E-state index is -0.217. The fourth-order valence-corrected chi connectivity index (χ4v) is 12.7. The number of amides is 1. The molecule has 500 valence electrons. The first kappa shape index (κ1) is 70.3. The first-order valence-corrected chi connectivity index (χ1v) is 33.4. The second-order valence-electron chi connectivity index (χ2n) is 22.4. The zero-order valence-corrected chi connectivity index (χ0v) is 58.8. The Balaban J connectivity index is 0.000000162. The third-order valence-corrected chi connectivity index (χ3v) is 16.9. The molecule has 12 heterocycles. The number of pyridine rings is 6. The van der Waals surface area contributed by atoms with Crippen LogP contribution in [-0.2, 0) is 18.3 Å². The van der Waals surface area contributed by atoms with E-state index in [2.05, 4.69) is 69.4 Å². The summed E-state index contributed by atoms with van der Waals surface area (Å²) in [6.07, 6.45) is 11.7. The quantitative estimate of drug-likeness (QED) is 0.134. The summed E-state index contributed by atoms with van der Waals surface area (Å²) in [5.41, 5.74) is 18.3. The highest BCUT2D eigenvalue weighted by Crippen LogP contribution is 2.43. The molecule has 0 saturated carbocycles. The normalized spacial score (nSPS) is 12.4. The first-order valence-electron chi connectivity index (χ1n) is 33.4. The van der Waals surface area contributed by atoms with Crippen molar-refractivity contribution >= 4 is 66.4 Å². The molecule has 97 heavy (non-hydrogen) atoms. The van der Waals surface area contributed by atoms with Crippen LogP contribution in [0, 0.1) is 41.5 Å². The largest absolute Gasteiger partial charge is 0.361 e. The van der Waals surface area contributed by atoms with Gasteiger partial charge in [-0.1, -0.05) is 132 Å². The molecule has 15 rings (SSSR count). The van der Waals surface area contributed by atoms with Gasteiger partial charge in [0, 0.05) is 70.2 Å². The van der Waals surface area contributed by atoms with Gasteiger partial charge in [0.1, 0.15) is 17.3 Å². The number of carbonyl (C=O) groups is 1. The molecule has 3 aromatic carbocycles. The molecule has 0 aliphatic carbocycles. The van der Waals surface area contributed by atoms with Crippen molar-refractivity contribution in [3.8, 4) is 33.4 Å². The second-order valence-corrected chi connectivity index (χ2v) is 22.4. The SMILES string of the molecule is CC.CC.CC.CC.CC[C@H](c1ccccn1)N1C(=O)Cc2cnc3cc(-c4c(C)noc4C)ccc3c21.Cc1noc(C)c1-c1ccc2c(c1)ncc1[nH]c(=O)n([C@H](C)c3ccccn3)c12.Cc1noc(C)c1-c1ccc2c(c1)ncc1c2n([C@H](C)c2ccccn2)c(=O)n1C. The van der Waals surface area contributed by atoms with E-state index in [0.717, 1.165) is 152 Å². The van der Waals surface area contributed by atoms with Crippen molar-refractivity contribution in [3.63, 3.8) is 0 Å². The van der Waals surface area contributed by atoms with Crippen LogP contribution < -0.4 is 16.3 Å². The number of aromatic nitrogens is 13. The number of hydrogen-bond acceptors (Lipinski definition) is 15. The lowest BCUT2D eigenvalue weighted by Gasteiger charge is -2.28. The van der Waals surface area contributed by atoms with E-state index in [1.54, 1.807) is 51.7 Å². The molecule has 0 unspecified atom stereocenters. The van der Waals surface area contributed by atoms with Crippen molar-refractivity contribution in [2.24, 2.45) is 7.05 Å². The van der Waals surface area contributed by atoms with Gasteiger partial charge in [0.25, 0.3) is 0 Å². The first-order chi connectivity index (χ1) is 47.1. The van der Waals surface area contributed by atoms with Crippen molar-refractivity contribution in [2.75, 3.05) is 4.90 Å². The van der Waals surface area contributed by atoms with Crippen molar-refractivity contribution in [3.05, 3.63) is 224 Å². The number of imidazole rings is 2. The Morgan fingerprint density at radius 3 is 1.36 bits per heavy atom. The van der Waals surface area contributed by atoms with E-state index in [4.69, 9.17) is 13.6 Å². The highest BCUT2D eigenvalue weighted by atomic mass is 16.5. The van der Waals surface area contributed by atoms with Gasteiger partial charge in [0.15, 0.2) is 0 Å². The number of aryl methyl sites for hydroxylation is 7. The molecule has 11 aromatic heterocycles. The zero-order valence-electron chi connectivity index (χ0n) is 58.8. The number of hydrogen-bond donors (Lipinski definition) is 1. The van der Waals surface area contributed by atoms with Gasteiger partial charge in [0.05, 0.1) is 115 Å². The number of fused-ring (bicyclic) bond motifs is 9. The smallest absolute Gasteiger partial charge is 0.329 e. The van der Waals surface area contributed by atoms with Crippen LogP contribution in [0.5, 0.6) is 0 Å². The molecule has 1 aliphatic rings. The number of nitrogens with zero attached hydrogens (tertiary/aromatic N) is 13. The van der Waals surface area contributed by atoms with Crippen molar-refractivity contribution in [2.45, 2.75) is 149 Å². The molecule has 1 N–H and O–H groups in total. The van der Waals surface area contributed by atoms with Gasteiger partial charge in [-0.15, -0.1) is 0 Å². The predicted molar refractivity (Wildman–Crippen MR) is 387 cm³/mol. The summed E-state index contributed by atoms with van der Waals surface area (Å²) in [6, 6.07) is 35.0. The summed E-state index contributed by atoms with van der Waals surface area (Å²) in [5, 5.41) is 15.0. The van der Waals surface area contributed by atoms with Crippen LogP contribution in [0.1, 0.15) is 158 Å². The third kappa shape index (κ3) is 13.5. The molecule has 0 fully saturated rings. The van der Waals surface area contributed by atoms with E-state index < -0.39 is 0 Å². The summed E-state index contributed by atoms with van der Waals surface area (Å²) < 4.78 is 21.2. The maximum absolute atomic E-state index is 13.1. The summed E-state index contributed by atoms with van der Waals surface area (Å²) in [7, 11) is 1.78. The maximum Gasteiger partial charge on any atom is 0.329 e. The van der Waals surface area contributed by atoms with E-state index in [0.29, 0.717) is 11.9 Å². The van der Waals surface area contributed by atoms with Crippen LogP contribution in [0.15, 0.2) is 170 Å². The lowest BCUT2D eigenvalue weighted by atomic mass is 10.0. The Bertz CT molecular complexity index is 5100. The van der Waals surface area contributed by atoms with E-state index in [1.165, 1.54) is 0 Å². The van der Waals surface area contributed by atoms with Crippen LogP contribution in [0.2, 0.25) is 0 Å². The summed E-state index contributed by atoms with van der Waals surface area (Å²) >= 11 is 0. The Labute approximate surface area is 564 Å². The molecule has 0 radical (unpaired) electrons. The number of anilines is 1. The molecule has 1 amide bonds. The molecule has 0 spiro atoms. The van der Waals surface area contributed by atoms with Crippen molar-refractivity contribution < 1.29 is 18.4 Å². The number of aromatic amines is 1. The molecule has 0 saturated heterocycles. The van der Waals surface area contributed by atoms with Gasteiger partial charge in [-0.25, -0.2) is 9.59 Å². The lowest BCUT2D eigenvalue weighted by molar-refractivity contribution is -0.117. The summed E-state index contributed by atoms with van der Waals surface area (Å²) in [6.45, 7) is 33.5. The van der Waals surface area contributed by atoms with E-state index in [9.17, 15) is 14.4 Å². The Kier molecular flexibility index (Phi) is 22.5. The van der Waals surface area contributed by atoms with Crippen LogP contribution in [0.3, 0.4) is 0 Å². The van der Waals surface area contributed by atoms with Gasteiger partial charge < -0.3 is 23.5 Å². The average Bonchev–Trinajstić information content (AvgIpc) is 1.64. The predicted octanol–water partition coefficient (Wildman–Crippen LogP) is 17.4. The van der Waals surface area contributed by atoms with Crippen LogP contribution in [0.25, 0.3) is 88.2 Å². The minimum absolute atomic E-state index is 0.0894. The van der Waals surface area contributed by atoms with Gasteiger partial charge >= 0.3 is 11.4 Å². The van der Waals surface area contributed by atoms with E-state index >= 15 is 0 Å². The molecule has 0 bridgehead atoms. The molecular weight excluding hydrogens is 1220 g/mol. The highest BCUT2D eigenvalue weighted by molar-refractivity contribution is 6.11. The van der Waals surface area contributed by atoms with Gasteiger partial charge in [-0.05, 0) is 133 Å². The zero-order chi connectivity index (χ0) is 69.9. The van der Waals surface area contributed by atoms with Crippen LogP contribution >= 0.6 is 0 Å². The number of benzene rings is 3. The third-order valence-electron chi connectivity index (χ3n) is 16.9. The average molecular weight is 1300 g/mol. The Hall–Kier alpha value is -11.0. The standard InChI is InChI=1S/C24H22N4O2.C23H21N5O2.C22H19N5O2.4C2H6/c1-4-21(19-7-5-6-10-25-19)28-22(29)12-17-13-26-20-11-16(8-9-18(20)24(17)28)23-14(2)27-30-15(23)3;1-13-21(15(3)30-26-13)16-8-9-17-19(11-16)25-12-20-22(17)28(23(29)27(20)4)14(2)18-7-5-6-10-24-18;1-12-20(14(3)29-26-12)15-7-8-16-18(10-15)24-11-19-21(16)27(22(28)25-19)13(2)17-6-4-5-9-23-17;4*1-2/h5-11,13,21H,4,12H2,1-3H3;5-12,14H,1-4H3;4-11,13H,1-3H3,(H,25,28);4*1-2H3/t21-;14-;13-;;;;/m111..../s1. The minimum Gasteiger partial charge on any atom is -0.361 e. The summed E-state index contributed by atoms with van der Waals surface area (Å²) in [4.78, 5) is 71.1. The molecule has 3 atom stereocenters. The number of H-pyrrole nitrogens is 1. The lowest BCUT2D eigenvalue weighted by Crippen LogP contribution is -2.32. The van der Waals surface area contributed by atoms with E-state index in [1.807, 2.05) is 219 Å². The molecule has 14 aromatic rings. The van der Waals surface area contributed by atoms with Gasteiger partial charge in [-0.3, -0.25) is 48.4 Å². The van der Waals surface area contributed by atoms with Crippen molar-refractivity contribution in [1.29, 1.82) is 0 Å². The number of carbonyl (C=O) groups excluding carboxylic acids is 1. The van der Waals surface area contributed by atoms with Crippen molar-refractivity contribution in [1.82, 2.24) is 64.1 Å². The summed E-state index contributed by atoms with van der Waals surface area (Å²) in [5.74, 6) is 2.41. The highest BCUT2D eigenvalue weighted by Gasteiger charge is 2.36. The fraction of sp³-hybridized carbons (Fsp3) is 0.299. The number of nitrogens with one attached hydrogen (secondary N) is 1. The molecular formula is C77H86N14O6. The molecule has 1 aliphatic heterocycles. The molecule has 20 nitrogen and oxygen atoms in total. The van der Waals surface area contributed by atoms with Crippen LogP contribution in [0.4, 0.5) is 5.69 Å². The Morgan fingerprint density at radius 2 is 0.918 bits per heavy atom. The van der Waals surface area contributed by atoms with Gasteiger partial charge in [-0.2, -0.15) is 0 Å². The number of rotatable bonds is 10.